The summed E-state index contributed by atoms with van der Waals surface area (Å²) in [5, 5.41) is 26.3. The molecule has 7 heteroatoms. The van der Waals surface area contributed by atoms with Crippen molar-refractivity contribution in [3.63, 3.8) is 0 Å². The maximum absolute atomic E-state index is 9.54. The Labute approximate surface area is 149 Å². The molecular formula is C16H19N3OS3. The zero-order chi connectivity index (χ0) is 16.7. The van der Waals surface area contributed by atoms with Crippen LogP contribution in [0.1, 0.15) is 37.3 Å². The highest BCUT2D eigenvalue weighted by molar-refractivity contribution is 8.02. The minimum atomic E-state index is -0.607. The third-order valence-corrected chi connectivity index (χ3v) is 6.53. The van der Waals surface area contributed by atoms with Crippen LogP contribution in [-0.2, 0) is 5.75 Å². The molecule has 2 rings (SSSR count). The largest absolute Gasteiger partial charge is 0.391 e. The highest BCUT2D eigenvalue weighted by Crippen LogP contribution is 2.31. The number of thioether (sulfide) groups is 2. The average molecular weight is 366 g/mol. The number of benzene rings is 1. The Bertz CT molecular complexity index is 649. The molecule has 1 N–H and O–H groups in total. The normalized spacial score (nSPS) is 12.3. The minimum absolute atomic E-state index is 0.153. The van der Waals surface area contributed by atoms with Gasteiger partial charge in [0.2, 0.25) is 0 Å². The summed E-state index contributed by atoms with van der Waals surface area (Å²) in [6, 6.07) is 10.6. The van der Waals surface area contributed by atoms with E-state index in [1.165, 1.54) is 34.2 Å². The average Bonchev–Trinajstić information content (AvgIpc) is 2.99. The van der Waals surface area contributed by atoms with Crippen molar-refractivity contribution in [1.29, 1.82) is 5.26 Å². The quantitative estimate of drug-likeness (QED) is 0.703. The van der Waals surface area contributed by atoms with Crippen LogP contribution >= 0.6 is 34.9 Å². The van der Waals surface area contributed by atoms with Crippen LogP contribution in [0.3, 0.4) is 0 Å². The van der Waals surface area contributed by atoms with Gasteiger partial charge in [0.1, 0.15) is 0 Å². The van der Waals surface area contributed by atoms with Crippen molar-refractivity contribution in [2.75, 3.05) is 5.75 Å². The van der Waals surface area contributed by atoms with E-state index in [1.54, 1.807) is 11.8 Å². The van der Waals surface area contributed by atoms with E-state index in [4.69, 9.17) is 5.26 Å². The Hall–Kier alpha value is -1.07. The molecule has 0 fully saturated rings. The zero-order valence-electron chi connectivity index (χ0n) is 13.1. The van der Waals surface area contributed by atoms with E-state index in [-0.39, 0.29) is 6.42 Å². The SMILES string of the molecule is CC(C)c1ccc(CSc2nnc(SC[C@H](O)CC#N)s2)cc1. The highest BCUT2D eigenvalue weighted by atomic mass is 32.2. The van der Waals surface area contributed by atoms with Gasteiger partial charge in [-0.05, 0) is 17.0 Å². The maximum atomic E-state index is 9.54. The van der Waals surface area contributed by atoms with Crippen LogP contribution in [0.5, 0.6) is 0 Å². The van der Waals surface area contributed by atoms with Gasteiger partial charge in [0.05, 0.1) is 18.6 Å². The van der Waals surface area contributed by atoms with Crippen LogP contribution in [0.15, 0.2) is 32.9 Å². The van der Waals surface area contributed by atoms with E-state index in [0.717, 1.165) is 14.4 Å². The molecule has 1 atom stereocenters. The number of aliphatic hydroxyl groups is 1. The monoisotopic (exact) mass is 365 g/mol. The van der Waals surface area contributed by atoms with Crippen molar-refractivity contribution in [3.05, 3.63) is 35.4 Å². The smallest absolute Gasteiger partial charge is 0.175 e. The molecule has 1 aromatic heterocycles. The van der Waals surface area contributed by atoms with Crippen LogP contribution in [0, 0.1) is 11.3 Å². The summed E-state index contributed by atoms with van der Waals surface area (Å²) in [6.07, 6.45) is -0.454. The van der Waals surface area contributed by atoms with E-state index in [2.05, 4.69) is 48.3 Å². The van der Waals surface area contributed by atoms with Crippen molar-refractivity contribution in [2.45, 2.75) is 46.7 Å². The first kappa shape index (κ1) is 18.3. The molecule has 1 aromatic carbocycles. The molecule has 0 radical (unpaired) electrons. The van der Waals surface area contributed by atoms with Gasteiger partial charge in [0, 0.05) is 11.5 Å². The number of hydrogen-bond acceptors (Lipinski definition) is 7. The summed E-state index contributed by atoms with van der Waals surface area (Å²) >= 11 is 4.65. The summed E-state index contributed by atoms with van der Waals surface area (Å²) < 4.78 is 1.76. The first-order valence-electron chi connectivity index (χ1n) is 7.31. The van der Waals surface area contributed by atoms with E-state index >= 15 is 0 Å². The lowest BCUT2D eigenvalue weighted by atomic mass is 10.0. The fourth-order valence-corrected chi connectivity index (χ4v) is 4.72. The molecule has 0 aliphatic carbocycles. The van der Waals surface area contributed by atoms with Crippen LogP contribution in [-0.4, -0.2) is 27.2 Å². The van der Waals surface area contributed by atoms with Crippen LogP contribution in [0.2, 0.25) is 0 Å². The third kappa shape index (κ3) is 6.15. The predicted molar refractivity (Wildman–Crippen MR) is 97.0 cm³/mol. The van der Waals surface area contributed by atoms with Crippen molar-refractivity contribution in [3.8, 4) is 6.07 Å². The first-order valence-corrected chi connectivity index (χ1v) is 10.1. The Morgan fingerprint density at radius 1 is 1.17 bits per heavy atom. The van der Waals surface area contributed by atoms with Crippen LogP contribution in [0.25, 0.3) is 0 Å². The van der Waals surface area contributed by atoms with Gasteiger partial charge in [-0.2, -0.15) is 5.26 Å². The molecule has 0 spiro atoms. The molecule has 122 valence electrons. The fraction of sp³-hybridized carbons (Fsp3) is 0.438. The van der Waals surface area contributed by atoms with Gasteiger partial charge in [0.15, 0.2) is 8.68 Å². The topological polar surface area (TPSA) is 69.8 Å². The van der Waals surface area contributed by atoms with E-state index in [0.29, 0.717) is 11.7 Å². The van der Waals surface area contributed by atoms with Crippen molar-refractivity contribution >= 4 is 34.9 Å². The molecule has 0 aliphatic rings. The minimum Gasteiger partial charge on any atom is -0.391 e. The third-order valence-electron chi connectivity index (χ3n) is 3.12. The van der Waals surface area contributed by atoms with Gasteiger partial charge in [-0.1, -0.05) is 73.0 Å². The number of aliphatic hydroxyl groups excluding tert-OH is 1. The van der Waals surface area contributed by atoms with Crippen molar-refractivity contribution in [1.82, 2.24) is 10.2 Å². The fourth-order valence-electron chi connectivity index (χ4n) is 1.79. The molecule has 1 heterocycles. The Morgan fingerprint density at radius 2 is 1.83 bits per heavy atom. The van der Waals surface area contributed by atoms with Gasteiger partial charge in [-0.3, -0.25) is 0 Å². The molecule has 0 amide bonds. The summed E-state index contributed by atoms with van der Waals surface area (Å²) in [5.41, 5.74) is 2.62. The molecule has 4 nitrogen and oxygen atoms in total. The summed E-state index contributed by atoms with van der Waals surface area (Å²) in [7, 11) is 0. The van der Waals surface area contributed by atoms with Crippen LogP contribution in [0.4, 0.5) is 0 Å². The molecule has 0 saturated carbocycles. The predicted octanol–water partition coefficient (Wildman–Crippen LogP) is 4.32. The molecule has 0 saturated heterocycles. The molecular weight excluding hydrogens is 346 g/mol. The molecule has 0 aliphatic heterocycles. The Morgan fingerprint density at radius 3 is 2.43 bits per heavy atom. The molecule has 2 aromatic rings. The number of rotatable bonds is 8. The molecule has 0 bridgehead atoms. The number of aromatic nitrogens is 2. The Balaban J connectivity index is 1.81. The Kier molecular flexibility index (Phi) is 7.37. The zero-order valence-corrected chi connectivity index (χ0v) is 15.5. The molecule has 0 unspecified atom stereocenters. The summed E-state index contributed by atoms with van der Waals surface area (Å²) in [4.78, 5) is 0. The van der Waals surface area contributed by atoms with Crippen LogP contribution < -0.4 is 0 Å². The van der Waals surface area contributed by atoms with E-state index in [1.807, 2.05) is 6.07 Å². The number of nitrogens with zero attached hydrogens (tertiary/aromatic N) is 3. The van der Waals surface area contributed by atoms with E-state index in [9.17, 15) is 5.11 Å². The van der Waals surface area contributed by atoms with Gasteiger partial charge in [-0.15, -0.1) is 10.2 Å². The first-order chi connectivity index (χ1) is 11.1. The second kappa shape index (κ2) is 9.28. The number of hydrogen-bond donors (Lipinski definition) is 1. The number of nitriles is 1. The maximum Gasteiger partial charge on any atom is 0.175 e. The van der Waals surface area contributed by atoms with Crippen molar-refractivity contribution < 1.29 is 5.11 Å². The lowest BCUT2D eigenvalue weighted by molar-refractivity contribution is 0.205. The highest BCUT2D eigenvalue weighted by Gasteiger charge is 2.09. The molecule has 23 heavy (non-hydrogen) atoms. The van der Waals surface area contributed by atoms with Gasteiger partial charge < -0.3 is 5.11 Å². The standard InChI is InChI=1S/C16H19N3OS3/c1-11(2)13-5-3-12(4-6-13)9-21-15-18-19-16(23-15)22-10-14(20)7-8-17/h3-6,11,14,20H,7,9-10H2,1-2H3/t14-/m1/s1. The summed E-state index contributed by atoms with van der Waals surface area (Å²) in [6.45, 7) is 4.38. The lowest BCUT2D eigenvalue weighted by Crippen LogP contribution is -2.07. The summed E-state index contributed by atoms with van der Waals surface area (Å²) in [5.74, 6) is 1.90. The second-order valence-electron chi connectivity index (χ2n) is 5.35. The van der Waals surface area contributed by atoms with Gasteiger partial charge in [-0.25, -0.2) is 0 Å². The van der Waals surface area contributed by atoms with E-state index < -0.39 is 6.10 Å². The lowest BCUT2D eigenvalue weighted by Gasteiger charge is -2.06. The van der Waals surface area contributed by atoms with Gasteiger partial charge >= 0.3 is 0 Å². The van der Waals surface area contributed by atoms with Crippen molar-refractivity contribution in [2.24, 2.45) is 0 Å². The second-order valence-corrected chi connectivity index (χ2v) is 8.81. The van der Waals surface area contributed by atoms with Gasteiger partial charge in [0.25, 0.3) is 0 Å².